The van der Waals surface area contributed by atoms with Crippen LogP contribution >= 0.6 is 0 Å². The molecular formula is C17H36O3Si. The second-order valence-electron chi connectivity index (χ2n) is 9.35. The topological polar surface area (TPSA) is 46.5 Å². The largest absolute Gasteiger partial charge is 0.465 e. The van der Waals surface area contributed by atoms with Gasteiger partial charge in [-0.1, -0.05) is 68.5 Å². The zero-order valence-electron chi connectivity index (χ0n) is 15.7. The van der Waals surface area contributed by atoms with Gasteiger partial charge >= 0.3 is 5.97 Å². The SMILES string of the molecule is CC(C)C(O)C(C(=O)OCC(C)(C)C)[Si](C)(C)C(C)(C)C. The molecule has 0 aliphatic rings. The first-order valence-corrected chi connectivity index (χ1v) is 11.0. The van der Waals surface area contributed by atoms with Crippen molar-refractivity contribution >= 4 is 14.0 Å². The second-order valence-corrected chi connectivity index (χ2v) is 14.9. The fraction of sp³-hybridized carbons (Fsp3) is 0.941. The molecule has 2 unspecified atom stereocenters. The summed E-state index contributed by atoms with van der Waals surface area (Å²) in [5, 5.41) is 10.6. The number of carbonyl (C=O) groups is 1. The highest BCUT2D eigenvalue weighted by atomic mass is 28.3. The van der Waals surface area contributed by atoms with Crippen molar-refractivity contribution in [3.8, 4) is 0 Å². The van der Waals surface area contributed by atoms with Gasteiger partial charge in [0.1, 0.15) is 0 Å². The Bertz CT molecular complexity index is 348. The van der Waals surface area contributed by atoms with Crippen molar-refractivity contribution in [2.45, 2.75) is 85.2 Å². The van der Waals surface area contributed by atoms with Crippen molar-refractivity contribution in [2.24, 2.45) is 11.3 Å². The van der Waals surface area contributed by atoms with Crippen LogP contribution in [0.15, 0.2) is 0 Å². The Morgan fingerprint density at radius 2 is 1.52 bits per heavy atom. The summed E-state index contributed by atoms with van der Waals surface area (Å²) in [6.45, 7) is 21.3. The van der Waals surface area contributed by atoms with Crippen LogP contribution in [0.25, 0.3) is 0 Å². The van der Waals surface area contributed by atoms with Crippen LogP contribution in [0, 0.1) is 11.3 Å². The Kier molecular flexibility index (Phi) is 6.71. The highest BCUT2D eigenvalue weighted by molar-refractivity contribution is 6.84. The zero-order chi connectivity index (χ0) is 17.2. The molecule has 0 saturated heterocycles. The third-order valence-electron chi connectivity index (χ3n) is 4.64. The van der Waals surface area contributed by atoms with Crippen LogP contribution in [0.1, 0.15) is 55.4 Å². The average molecular weight is 317 g/mol. The van der Waals surface area contributed by atoms with E-state index >= 15 is 0 Å². The van der Waals surface area contributed by atoms with Gasteiger partial charge < -0.3 is 9.84 Å². The lowest BCUT2D eigenvalue weighted by molar-refractivity contribution is -0.149. The number of hydrogen-bond acceptors (Lipinski definition) is 3. The molecule has 0 aliphatic carbocycles. The number of hydrogen-bond donors (Lipinski definition) is 1. The number of rotatable bonds is 5. The van der Waals surface area contributed by atoms with Crippen molar-refractivity contribution < 1.29 is 14.6 Å². The van der Waals surface area contributed by atoms with Gasteiger partial charge in [-0.2, -0.15) is 0 Å². The molecule has 3 nitrogen and oxygen atoms in total. The van der Waals surface area contributed by atoms with Gasteiger partial charge in [-0.3, -0.25) is 4.79 Å². The molecule has 2 atom stereocenters. The first-order chi connectivity index (χ1) is 9.11. The van der Waals surface area contributed by atoms with Gasteiger partial charge in [0.05, 0.1) is 26.3 Å². The van der Waals surface area contributed by atoms with E-state index in [0.717, 1.165) is 0 Å². The minimum Gasteiger partial charge on any atom is -0.465 e. The van der Waals surface area contributed by atoms with Gasteiger partial charge in [0.15, 0.2) is 0 Å². The Morgan fingerprint density at radius 3 is 1.81 bits per heavy atom. The van der Waals surface area contributed by atoms with Crippen molar-refractivity contribution in [3.05, 3.63) is 0 Å². The summed E-state index contributed by atoms with van der Waals surface area (Å²) >= 11 is 0. The van der Waals surface area contributed by atoms with E-state index in [4.69, 9.17) is 4.74 Å². The van der Waals surface area contributed by atoms with Crippen LogP contribution in [0.5, 0.6) is 0 Å². The summed E-state index contributed by atoms with van der Waals surface area (Å²) in [5.41, 5.74) is -0.448. The Balaban J connectivity index is 5.40. The third-order valence-corrected chi connectivity index (χ3v) is 10.6. The smallest absolute Gasteiger partial charge is 0.308 e. The Labute approximate surface area is 132 Å². The van der Waals surface area contributed by atoms with Gasteiger partial charge in [-0.15, -0.1) is 0 Å². The minimum absolute atomic E-state index is 0.0221. The summed E-state index contributed by atoms with van der Waals surface area (Å²) in [4.78, 5) is 12.7. The summed E-state index contributed by atoms with van der Waals surface area (Å²) in [6, 6.07) is 0. The molecule has 0 aromatic heterocycles. The number of aliphatic hydroxyl groups is 1. The molecule has 0 amide bonds. The number of ether oxygens (including phenoxy) is 1. The van der Waals surface area contributed by atoms with E-state index in [1.54, 1.807) is 0 Å². The van der Waals surface area contributed by atoms with Crippen molar-refractivity contribution in [1.82, 2.24) is 0 Å². The molecule has 126 valence electrons. The summed E-state index contributed by atoms with van der Waals surface area (Å²) < 4.78 is 5.56. The lowest BCUT2D eigenvalue weighted by Crippen LogP contribution is -2.51. The summed E-state index contributed by atoms with van der Waals surface area (Å²) in [7, 11) is -2.04. The normalized spacial score (nSPS) is 16.8. The van der Waals surface area contributed by atoms with Crippen molar-refractivity contribution in [2.75, 3.05) is 6.61 Å². The van der Waals surface area contributed by atoms with Gasteiger partial charge in [0.2, 0.25) is 0 Å². The monoisotopic (exact) mass is 316 g/mol. The fourth-order valence-electron chi connectivity index (χ4n) is 2.09. The fourth-order valence-corrected chi connectivity index (χ4v) is 4.93. The van der Waals surface area contributed by atoms with Gasteiger partial charge in [-0.25, -0.2) is 0 Å². The van der Waals surface area contributed by atoms with E-state index in [9.17, 15) is 9.90 Å². The standard InChI is InChI=1S/C17H36O3Si/c1-12(2)13(18)14(21(9,10)17(6,7)8)15(19)20-11-16(3,4)5/h12-14,18H,11H2,1-10H3. The minimum atomic E-state index is -2.04. The molecule has 0 rings (SSSR count). The van der Waals surface area contributed by atoms with E-state index < -0.39 is 14.2 Å². The Morgan fingerprint density at radius 1 is 1.10 bits per heavy atom. The first kappa shape index (κ1) is 20.6. The number of esters is 1. The zero-order valence-corrected chi connectivity index (χ0v) is 16.7. The summed E-state index contributed by atoms with van der Waals surface area (Å²) in [6.07, 6.45) is -0.640. The molecule has 0 radical (unpaired) electrons. The number of aliphatic hydroxyl groups excluding tert-OH is 1. The van der Waals surface area contributed by atoms with Crippen LogP contribution in [0.2, 0.25) is 23.7 Å². The quantitative estimate of drug-likeness (QED) is 0.601. The maximum absolute atomic E-state index is 12.7. The average Bonchev–Trinajstić information content (AvgIpc) is 2.23. The lowest BCUT2D eigenvalue weighted by Gasteiger charge is -2.44. The third kappa shape index (κ3) is 5.74. The first-order valence-electron chi connectivity index (χ1n) is 7.96. The van der Waals surface area contributed by atoms with Crippen molar-refractivity contribution in [3.63, 3.8) is 0 Å². The van der Waals surface area contributed by atoms with Crippen LogP contribution in [-0.4, -0.2) is 31.9 Å². The highest BCUT2D eigenvalue weighted by Gasteiger charge is 2.50. The van der Waals surface area contributed by atoms with E-state index in [1.165, 1.54) is 0 Å². The molecule has 0 fully saturated rings. The molecule has 1 N–H and O–H groups in total. The van der Waals surface area contributed by atoms with Crippen LogP contribution in [0.4, 0.5) is 0 Å². The molecule has 21 heavy (non-hydrogen) atoms. The maximum Gasteiger partial charge on any atom is 0.308 e. The summed E-state index contributed by atoms with van der Waals surface area (Å²) in [5.74, 6) is -0.177. The van der Waals surface area contributed by atoms with Crippen LogP contribution in [-0.2, 0) is 9.53 Å². The molecule has 0 aliphatic heterocycles. The molecule has 0 bridgehead atoms. The van der Waals surface area contributed by atoms with E-state index in [-0.39, 0.29) is 27.9 Å². The van der Waals surface area contributed by atoms with Crippen LogP contribution < -0.4 is 0 Å². The van der Waals surface area contributed by atoms with Gasteiger partial charge in [-0.05, 0) is 16.4 Å². The number of carbonyl (C=O) groups excluding carboxylic acids is 1. The second kappa shape index (κ2) is 6.82. The van der Waals surface area contributed by atoms with Gasteiger partial charge in [0.25, 0.3) is 0 Å². The molecular weight excluding hydrogens is 280 g/mol. The predicted octanol–water partition coefficient (Wildman–Crippen LogP) is 4.47. The highest BCUT2D eigenvalue weighted by Crippen LogP contribution is 2.46. The van der Waals surface area contributed by atoms with E-state index in [2.05, 4.69) is 33.9 Å². The lowest BCUT2D eigenvalue weighted by atomic mass is 9.98. The molecule has 0 aromatic rings. The molecule has 0 aromatic carbocycles. The molecule has 0 saturated carbocycles. The van der Waals surface area contributed by atoms with Crippen molar-refractivity contribution in [1.29, 1.82) is 0 Å². The van der Waals surface area contributed by atoms with E-state index in [0.29, 0.717) is 6.61 Å². The molecule has 4 heteroatoms. The van der Waals surface area contributed by atoms with Crippen LogP contribution in [0.3, 0.4) is 0 Å². The maximum atomic E-state index is 12.7. The molecule has 0 spiro atoms. The van der Waals surface area contributed by atoms with E-state index in [1.807, 2.05) is 34.6 Å². The predicted molar refractivity (Wildman–Crippen MR) is 92.2 cm³/mol. The molecule has 0 heterocycles. The van der Waals surface area contributed by atoms with Gasteiger partial charge in [0, 0.05) is 0 Å². The Hall–Kier alpha value is -0.353.